The van der Waals surface area contributed by atoms with E-state index in [1.54, 1.807) is 6.08 Å². The molecule has 18 nitrogen and oxygen atoms in total. The number of carbonyl (C=O) groups excluding carboxylic acids is 4. The summed E-state index contributed by atoms with van der Waals surface area (Å²) in [6.07, 6.45) is 34.6. The van der Waals surface area contributed by atoms with Gasteiger partial charge in [0.2, 0.25) is 5.88 Å². The number of thioether (sulfide) groups is 1. The maximum absolute atomic E-state index is 12.3. The number of amides is 1. The second-order valence-corrected chi connectivity index (χ2v) is 48.8. The highest BCUT2D eigenvalue weighted by Crippen LogP contribution is 2.76. The Morgan fingerprint density at radius 1 is 0.434 bits per heavy atom. The normalized spacial score (nSPS) is 53.4. The quantitative estimate of drug-likeness (QED) is 0.0869. The molecule has 4 heterocycles. The third kappa shape index (κ3) is 14.6. The van der Waals surface area contributed by atoms with E-state index in [0.717, 1.165) is 178 Å². The SMILES string of the molecule is C=C1N=C([C@@H](C)[C@H]2CCC3[C@H]4C(CC[C@@]32C)[C@@]2(C)CC[C@@H](O)C[C@H]2[C@@H](CC)[C@H]4O)NO1.CC[C@H]1[C@@H](O)[C@H]2C3CC[C@H](C4=CC(=O)CO4)[C@@]3(C)CCC2[C@@]2(C)CC[C@@H](O)C[C@@H]12.CC[C@H]1[C@@H](O)[C@H]2C3CC[C@H](C4=NC(=O)OC4)[C@@]3(C)CCC2[C@@]2(C)CC[C@@H](O)C[C@@H]12.CC[C@H]1[C@@H](O)[C@H]2C3CC[C@H]([C@H](C)C[C@H]4SC(=O)CC4=O)[C@@]3(C)CCC2[C@@]2(C)CC[C@@H](O)C[C@@H]12. The summed E-state index contributed by atoms with van der Waals surface area (Å²) in [6.45, 7) is 37.6. The highest BCUT2D eigenvalue weighted by Gasteiger charge is 2.71. The lowest BCUT2D eigenvalue weighted by Gasteiger charge is -2.64. The lowest BCUT2D eigenvalue weighted by atomic mass is 9.41. The zero-order chi connectivity index (χ0) is 86.9. The largest absolute Gasteiger partial charge is 0.489 e. The van der Waals surface area contributed by atoms with E-state index < -0.39 is 6.09 Å². The summed E-state index contributed by atoms with van der Waals surface area (Å²) in [6, 6.07) is 0. The second kappa shape index (κ2) is 33.8. The molecule has 0 aromatic rings. The van der Waals surface area contributed by atoms with Crippen molar-refractivity contribution in [3.63, 3.8) is 0 Å². The minimum atomic E-state index is -0.430. The van der Waals surface area contributed by atoms with Crippen molar-refractivity contribution < 1.29 is 74.3 Å². The summed E-state index contributed by atoms with van der Waals surface area (Å²) < 4.78 is 11.0. The molecule has 122 heavy (non-hydrogen) atoms. The number of nitrogens with one attached hydrogen (secondary N) is 1. The van der Waals surface area contributed by atoms with Crippen molar-refractivity contribution in [2.45, 2.75) is 369 Å². The van der Waals surface area contributed by atoms with Crippen LogP contribution in [0.4, 0.5) is 4.79 Å². The van der Waals surface area contributed by atoms with Gasteiger partial charge in [-0.2, -0.15) is 9.98 Å². The third-order valence-corrected chi connectivity index (χ3v) is 44.6. The van der Waals surface area contributed by atoms with Crippen LogP contribution in [-0.2, 0) is 28.7 Å². The van der Waals surface area contributed by atoms with E-state index in [0.29, 0.717) is 160 Å². The number of aliphatic hydroxyl groups excluding tert-OH is 8. The maximum Gasteiger partial charge on any atom is 0.434 e. The Labute approximate surface area is 735 Å². The van der Waals surface area contributed by atoms with Crippen molar-refractivity contribution >= 4 is 46.1 Å². The topological polar surface area (TPSA) is 295 Å². The number of ketones is 2. The van der Waals surface area contributed by atoms with Crippen LogP contribution in [0.15, 0.2) is 34.3 Å². The highest BCUT2D eigenvalue weighted by molar-refractivity contribution is 8.15. The molecule has 0 aromatic heterocycles. The van der Waals surface area contributed by atoms with Crippen molar-refractivity contribution in [2.24, 2.45) is 207 Å². The molecule has 43 atom stereocenters. The Bertz CT molecular complexity index is 3880. The third-order valence-electron chi connectivity index (χ3n) is 43.5. The number of Topliss-reactive ketones (excluding diaryl/α,β-unsaturated/α-hetero) is 1. The fourth-order valence-electron chi connectivity index (χ4n) is 37.7. The van der Waals surface area contributed by atoms with Crippen LogP contribution in [0.5, 0.6) is 0 Å². The number of aliphatic hydroxyl groups is 8. The fourth-order valence-corrected chi connectivity index (χ4v) is 38.8. The average Bonchev–Trinajstić information content (AvgIpc) is 1.43. The number of allylic oxidation sites excluding steroid dienone is 1. The summed E-state index contributed by atoms with van der Waals surface area (Å²) in [5.41, 5.74) is 5.58. The molecule has 20 aliphatic rings. The van der Waals surface area contributed by atoms with Crippen molar-refractivity contribution in [1.82, 2.24) is 5.48 Å². The lowest BCUT2D eigenvalue weighted by Crippen LogP contribution is -2.62. The van der Waals surface area contributed by atoms with Crippen molar-refractivity contribution in [2.75, 3.05) is 13.2 Å². The molecule has 8 unspecified atom stereocenters. The molecule has 17 fully saturated rings. The Balaban J connectivity index is 0.000000116. The second-order valence-electron chi connectivity index (χ2n) is 47.6. The van der Waals surface area contributed by atoms with Crippen molar-refractivity contribution in [1.29, 1.82) is 0 Å². The molecule has 9 N–H and O–H groups in total. The van der Waals surface area contributed by atoms with Gasteiger partial charge >= 0.3 is 6.09 Å². The van der Waals surface area contributed by atoms with Crippen LogP contribution in [0.3, 0.4) is 0 Å². The predicted octanol–water partition coefficient (Wildman–Crippen LogP) is 18.2. The molecule has 16 saturated carbocycles. The standard InChI is InChI=1S/C28H44O4S.C26H42N2O3.C25H38O4.C24H37NO4/c1-5-17-21-13-16(29)8-10-28(21,4)20-9-11-27(3)18(6-7-19(27)25(20)26(17)32)15(2)12-23-22(30)14-24(31)33-23;1-6-17-21-13-16(29)9-11-26(21,5)20-10-12-25(4)18(7-8-19(25)22(20)23(17)30)14(2)24-27-15(3)31-28-24;1-4-16-20-11-14(26)7-9-25(20,3)19-8-10-24(2)17(21-12-15(27)13-29-21)5-6-18(24)22(19)23(16)28;1-4-14-18-11-13(26)7-9-24(18,3)17-8-10-23(2)15(19-12-29-22(28)25-19)5-6-16(23)20(17)21(14)27/h15-21,23,25-26,29,32H,5-14H2,1-4H3;14,16-23,29-30H,3,6-13H2,1-2,4-5H3,(H,27,28);12,14,16-20,22-23,26,28H,4-11,13H2,1-3H3;13-18,20-21,26-27H,4-12H2,1-3H3/t15-,16-,17-,18-,19?,20?,21+,23-,25+,26-,27-,28-;14-,16+,17+,18+,19?,20?,21-,22-,23+,25+,26+;14-,16-,17-,18?,19?,20+,22+,23-,24-,25-;13-,14-,15-,16?,17?,18+,20+,21-,23-,24-/m1011/s1. The molecule has 16 aliphatic carbocycles. The van der Waals surface area contributed by atoms with E-state index in [1.807, 2.05) is 0 Å². The zero-order valence-corrected chi connectivity index (χ0v) is 78.0. The predicted molar refractivity (Wildman–Crippen MR) is 475 cm³/mol. The molecular weight excluding hydrogens is 1550 g/mol. The summed E-state index contributed by atoms with van der Waals surface area (Å²) in [4.78, 5) is 61.5. The number of ether oxygens (including phenoxy) is 2. The monoisotopic (exact) mass is 1710 g/mol. The number of fused-ring (bicyclic) bond motifs is 20. The zero-order valence-electron chi connectivity index (χ0n) is 77.2. The van der Waals surface area contributed by atoms with Crippen LogP contribution in [-0.4, -0.2) is 142 Å². The molecule has 1 amide bonds. The van der Waals surface area contributed by atoms with Gasteiger partial charge in [0, 0.05) is 23.8 Å². The summed E-state index contributed by atoms with van der Waals surface area (Å²) >= 11 is 1.27. The maximum atomic E-state index is 12.3. The Kier molecular flexibility index (Phi) is 25.1. The van der Waals surface area contributed by atoms with E-state index in [4.69, 9.17) is 14.3 Å². The van der Waals surface area contributed by atoms with Crippen LogP contribution in [0.1, 0.15) is 315 Å². The number of amidine groups is 1. The summed E-state index contributed by atoms with van der Waals surface area (Å²) in [7, 11) is 0. The summed E-state index contributed by atoms with van der Waals surface area (Å²) in [5.74, 6) is 13.7. The number of rotatable bonds is 11. The first-order chi connectivity index (χ1) is 57.9. The molecule has 1 saturated heterocycles. The molecule has 20 rings (SSSR count). The first kappa shape index (κ1) is 90.7. The minimum Gasteiger partial charge on any atom is -0.489 e. The number of carbonyl (C=O) groups is 4. The number of cyclic esters (lactones) is 1. The van der Waals surface area contributed by atoms with Gasteiger partial charge in [-0.3, -0.25) is 14.4 Å². The van der Waals surface area contributed by atoms with Crippen LogP contribution < -0.4 is 5.48 Å². The highest BCUT2D eigenvalue weighted by atomic mass is 32.2. The average molecular weight is 1710 g/mol. The van der Waals surface area contributed by atoms with Gasteiger partial charge in [-0.15, -0.1) is 0 Å². The van der Waals surface area contributed by atoms with Crippen molar-refractivity contribution in [3.8, 4) is 0 Å². The molecule has 0 aromatic carbocycles. The van der Waals surface area contributed by atoms with Crippen LogP contribution in [0.25, 0.3) is 0 Å². The minimum absolute atomic E-state index is 0.0459. The smallest absolute Gasteiger partial charge is 0.434 e. The molecular formula is C103H161N3O15S. The van der Waals surface area contributed by atoms with E-state index in [1.165, 1.54) is 63.1 Å². The van der Waals surface area contributed by atoms with Crippen LogP contribution in [0, 0.1) is 197 Å². The molecule has 684 valence electrons. The van der Waals surface area contributed by atoms with Gasteiger partial charge in [-0.25, -0.2) is 10.3 Å². The lowest BCUT2D eigenvalue weighted by molar-refractivity contribution is -0.203. The molecule has 19 heteroatoms. The number of nitrogens with zero attached hydrogens (tertiary/aromatic N) is 2. The first-order valence-corrected chi connectivity index (χ1v) is 51.3. The Hall–Kier alpha value is -3.27. The van der Waals surface area contributed by atoms with E-state index in [9.17, 15) is 60.0 Å². The molecule has 0 bridgehead atoms. The van der Waals surface area contributed by atoms with Gasteiger partial charge in [0.15, 0.2) is 23.3 Å². The van der Waals surface area contributed by atoms with Gasteiger partial charge in [0.25, 0.3) is 0 Å². The fraction of sp³-hybridized carbons (Fsp3) is 0.903. The number of hydrogen-bond donors (Lipinski definition) is 9. The summed E-state index contributed by atoms with van der Waals surface area (Å²) in [5, 5.41) is 88.6. The Morgan fingerprint density at radius 2 is 0.795 bits per heavy atom. The first-order valence-electron chi connectivity index (χ1n) is 50.4. The molecule has 0 spiro atoms. The molecule has 4 aliphatic heterocycles. The van der Waals surface area contributed by atoms with Gasteiger partial charge in [-0.1, -0.05) is 134 Å². The molecule has 0 radical (unpaired) electrons. The number of aliphatic imine (C=N–C) groups is 2. The number of hydrogen-bond acceptors (Lipinski definition) is 18. The van der Waals surface area contributed by atoms with E-state index >= 15 is 0 Å². The van der Waals surface area contributed by atoms with Gasteiger partial charge in [0.1, 0.15) is 18.2 Å². The van der Waals surface area contributed by atoms with E-state index in [-0.39, 0.29) is 133 Å². The van der Waals surface area contributed by atoms with E-state index in [2.05, 4.69) is 119 Å². The van der Waals surface area contributed by atoms with Crippen LogP contribution >= 0.6 is 11.8 Å². The van der Waals surface area contributed by atoms with Gasteiger partial charge in [0.05, 0.1) is 66.2 Å². The Morgan fingerprint density at radius 3 is 1.16 bits per heavy atom. The van der Waals surface area contributed by atoms with Crippen LogP contribution in [0.2, 0.25) is 0 Å². The number of hydroxylamine groups is 1. The van der Waals surface area contributed by atoms with Gasteiger partial charge < -0.3 is 55.2 Å². The van der Waals surface area contributed by atoms with Gasteiger partial charge in [-0.05, 0) is 372 Å². The van der Waals surface area contributed by atoms with Crippen molar-refractivity contribution in [3.05, 3.63) is 24.3 Å².